The fourth-order valence-corrected chi connectivity index (χ4v) is 1.12. The van der Waals surface area contributed by atoms with E-state index in [1.807, 2.05) is 6.92 Å². The summed E-state index contributed by atoms with van der Waals surface area (Å²) >= 11 is 0. The Labute approximate surface area is 71.3 Å². The number of carbonyl (C=O) groups excluding carboxylic acids is 1. The molecule has 0 saturated carbocycles. The first-order valence-corrected chi connectivity index (χ1v) is 3.91. The lowest BCUT2D eigenvalue weighted by molar-refractivity contribution is -0.124. The van der Waals surface area contributed by atoms with E-state index in [2.05, 4.69) is 0 Å². The fourth-order valence-electron chi connectivity index (χ4n) is 1.12. The van der Waals surface area contributed by atoms with Gasteiger partial charge in [0.2, 0.25) is 0 Å². The van der Waals surface area contributed by atoms with E-state index in [0.717, 1.165) is 6.29 Å². The molecule has 1 aliphatic rings. The maximum Gasteiger partial charge on any atom is 0.156 e. The van der Waals surface area contributed by atoms with Crippen LogP contribution in [0.25, 0.3) is 0 Å². The van der Waals surface area contributed by atoms with Gasteiger partial charge in [-0.05, 0) is 25.2 Å². The first-order chi connectivity index (χ1) is 5.72. The number of rotatable bonds is 3. The van der Waals surface area contributed by atoms with Gasteiger partial charge in [0, 0.05) is 13.0 Å². The topological polar surface area (TPSA) is 46.5 Å². The number of aliphatic hydroxyl groups is 1. The van der Waals surface area contributed by atoms with Gasteiger partial charge in [0.05, 0.1) is 0 Å². The Morgan fingerprint density at radius 1 is 1.83 bits per heavy atom. The summed E-state index contributed by atoms with van der Waals surface area (Å²) < 4.78 is 5.26. The first kappa shape index (κ1) is 9.00. The average Bonchev–Trinajstić information content (AvgIpc) is 2.10. The Balaban J connectivity index is 2.73. The van der Waals surface area contributed by atoms with Crippen LogP contribution >= 0.6 is 0 Å². The van der Waals surface area contributed by atoms with Crippen molar-refractivity contribution in [2.75, 3.05) is 6.61 Å². The van der Waals surface area contributed by atoms with Crippen LogP contribution in [0.15, 0.2) is 24.0 Å². The first-order valence-electron chi connectivity index (χ1n) is 3.91. The van der Waals surface area contributed by atoms with Crippen molar-refractivity contribution >= 4 is 6.29 Å². The monoisotopic (exact) mass is 168 g/mol. The van der Waals surface area contributed by atoms with Gasteiger partial charge in [0.1, 0.15) is 11.4 Å². The number of hydrogen-bond donors (Lipinski definition) is 1. The fraction of sp³-hybridized carbons (Fsp3) is 0.444. The number of hydrogen-bond acceptors (Lipinski definition) is 3. The van der Waals surface area contributed by atoms with Crippen molar-refractivity contribution in [3.8, 4) is 0 Å². The summed E-state index contributed by atoms with van der Waals surface area (Å²) in [5.74, 6) is 0.187. The van der Waals surface area contributed by atoms with Crippen molar-refractivity contribution < 1.29 is 14.6 Å². The SMILES string of the molecule is CCOC1(C=O)C=CC(O)=CC1. The zero-order valence-electron chi connectivity index (χ0n) is 6.99. The molecule has 3 nitrogen and oxygen atoms in total. The highest BCUT2D eigenvalue weighted by Gasteiger charge is 2.27. The van der Waals surface area contributed by atoms with E-state index >= 15 is 0 Å². The molecule has 0 amide bonds. The van der Waals surface area contributed by atoms with Gasteiger partial charge >= 0.3 is 0 Å². The Morgan fingerprint density at radius 3 is 3.00 bits per heavy atom. The quantitative estimate of drug-likeness (QED) is 0.647. The van der Waals surface area contributed by atoms with E-state index in [1.165, 1.54) is 6.08 Å². The predicted molar refractivity (Wildman–Crippen MR) is 44.9 cm³/mol. The third-order valence-electron chi connectivity index (χ3n) is 1.78. The van der Waals surface area contributed by atoms with E-state index in [4.69, 9.17) is 9.84 Å². The van der Waals surface area contributed by atoms with E-state index in [1.54, 1.807) is 12.2 Å². The molecule has 0 aromatic rings. The average molecular weight is 168 g/mol. The van der Waals surface area contributed by atoms with Gasteiger partial charge in [-0.15, -0.1) is 0 Å². The number of allylic oxidation sites excluding steroid dienone is 1. The summed E-state index contributed by atoms with van der Waals surface area (Å²) in [6.45, 7) is 2.31. The second-order valence-corrected chi connectivity index (χ2v) is 2.67. The molecule has 1 unspecified atom stereocenters. The molecule has 0 aliphatic heterocycles. The molecular weight excluding hydrogens is 156 g/mol. The molecular formula is C9H12O3. The minimum Gasteiger partial charge on any atom is -0.508 e. The van der Waals surface area contributed by atoms with Crippen molar-refractivity contribution in [2.24, 2.45) is 0 Å². The number of aliphatic hydroxyl groups excluding tert-OH is 1. The summed E-state index contributed by atoms with van der Waals surface area (Å²) in [5, 5.41) is 9.01. The zero-order chi connectivity index (χ0) is 9.03. The van der Waals surface area contributed by atoms with Crippen molar-refractivity contribution in [1.29, 1.82) is 0 Å². The summed E-state index contributed by atoms with van der Waals surface area (Å²) in [5.41, 5.74) is -0.846. The molecule has 0 aromatic carbocycles. The van der Waals surface area contributed by atoms with Crippen LogP contribution in [0, 0.1) is 0 Å². The molecule has 12 heavy (non-hydrogen) atoms. The highest BCUT2D eigenvalue weighted by Crippen LogP contribution is 2.21. The number of aldehydes is 1. The normalized spacial score (nSPS) is 28.2. The van der Waals surface area contributed by atoms with Crippen molar-refractivity contribution in [3.05, 3.63) is 24.0 Å². The van der Waals surface area contributed by atoms with Gasteiger partial charge in [-0.2, -0.15) is 0 Å². The lowest BCUT2D eigenvalue weighted by atomic mass is 9.96. The van der Waals surface area contributed by atoms with Crippen molar-refractivity contribution in [2.45, 2.75) is 18.9 Å². The minimum absolute atomic E-state index is 0.187. The lowest BCUT2D eigenvalue weighted by Gasteiger charge is -2.24. The van der Waals surface area contributed by atoms with Crippen LogP contribution in [-0.2, 0) is 9.53 Å². The second kappa shape index (κ2) is 3.54. The molecule has 1 aliphatic carbocycles. The van der Waals surface area contributed by atoms with Crippen LogP contribution in [0.3, 0.4) is 0 Å². The summed E-state index contributed by atoms with van der Waals surface area (Å²) in [6.07, 6.45) is 5.80. The Bertz CT molecular complexity index is 230. The van der Waals surface area contributed by atoms with Gasteiger partial charge in [-0.3, -0.25) is 4.79 Å². The molecule has 1 atom stereocenters. The standard InChI is InChI=1S/C9H12O3/c1-2-12-9(7-10)5-3-8(11)4-6-9/h3-5,7,11H,2,6H2,1H3. The molecule has 0 bridgehead atoms. The third-order valence-corrected chi connectivity index (χ3v) is 1.78. The maximum atomic E-state index is 10.7. The van der Waals surface area contributed by atoms with Crippen LogP contribution in [0.4, 0.5) is 0 Å². The van der Waals surface area contributed by atoms with E-state index < -0.39 is 5.60 Å². The lowest BCUT2D eigenvalue weighted by Crippen LogP contribution is -2.33. The van der Waals surface area contributed by atoms with Gasteiger partial charge in [-0.25, -0.2) is 0 Å². The van der Waals surface area contributed by atoms with Crippen LogP contribution < -0.4 is 0 Å². The van der Waals surface area contributed by atoms with Gasteiger partial charge in [-0.1, -0.05) is 0 Å². The minimum atomic E-state index is -0.846. The largest absolute Gasteiger partial charge is 0.508 e. The molecule has 0 saturated heterocycles. The zero-order valence-corrected chi connectivity index (χ0v) is 6.99. The smallest absolute Gasteiger partial charge is 0.156 e. The highest BCUT2D eigenvalue weighted by molar-refractivity contribution is 5.67. The summed E-state index contributed by atoms with van der Waals surface area (Å²) in [6, 6.07) is 0. The van der Waals surface area contributed by atoms with E-state index in [0.29, 0.717) is 13.0 Å². The predicted octanol–water partition coefficient (Wildman–Crippen LogP) is 1.36. The van der Waals surface area contributed by atoms with E-state index in [-0.39, 0.29) is 5.76 Å². The van der Waals surface area contributed by atoms with Gasteiger partial charge in [0.25, 0.3) is 0 Å². The molecule has 0 fully saturated rings. The van der Waals surface area contributed by atoms with Crippen LogP contribution in [-0.4, -0.2) is 23.6 Å². The van der Waals surface area contributed by atoms with Gasteiger partial charge in [0.15, 0.2) is 6.29 Å². The molecule has 66 valence electrons. The van der Waals surface area contributed by atoms with Crippen LogP contribution in [0.2, 0.25) is 0 Å². The maximum absolute atomic E-state index is 10.7. The molecule has 1 rings (SSSR count). The van der Waals surface area contributed by atoms with Crippen LogP contribution in [0.1, 0.15) is 13.3 Å². The summed E-state index contributed by atoms with van der Waals surface area (Å²) in [7, 11) is 0. The molecule has 0 aromatic heterocycles. The molecule has 0 spiro atoms. The van der Waals surface area contributed by atoms with Crippen molar-refractivity contribution in [3.63, 3.8) is 0 Å². The van der Waals surface area contributed by atoms with Gasteiger partial charge < -0.3 is 9.84 Å². The Kier molecular flexibility index (Phi) is 2.65. The molecule has 3 heteroatoms. The Morgan fingerprint density at radius 2 is 2.58 bits per heavy atom. The number of carbonyl (C=O) groups is 1. The second-order valence-electron chi connectivity index (χ2n) is 2.67. The highest BCUT2D eigenvalue weighted by atomic mass is 16.5. The molecule has 0 radical (unpaired) electrons. The molecule has 1 N–H and O–H groups in total. The van der Waals surface area contributed by atoms with Crippen molar-refractivity contribution in [1.82, 2.24) is 0 Å². The molecule has 0 heterocycles. The third kappa shape index (κ3) is 1.74. The Hall–Kier alpha value is -1.09. The van der Waals surface area contributed by atoms with Crippen LogP contribution in [0.5, 0.6) is 0 Å². The number of ether oxygens (including phenoxy) is 1. The van der Waals surface area contributed by atoms with E-state index in [9.17, 15) is 4.79 Å². The summed E-state index contributed by atoms with van der Waals surface area (Å²) in [4.78, 5) is 10.7.